The number of benzene rings is 1. The molecule has 1 heterocycles. The summed E-state index contributed by atoms with van der Waals surface area (Å²) < 4.78 is 1.77. The van der Waals surface area contributed by atoms with Gasteiger partial charge in [-0.05, 0) is 31.5 Å². The lowest BCUT2D eigenvalue weighted by Gasteiger charge is -2.07. The van der Waals surface area contributed by atoms with Crippen LogP contribution >= 0.6 is 11.6 Å². The van der Waals surface area contributed by atoms with Crippen molar-refractivity contribution in [2.24, 2.45) is 5.73 Å². The van der Waals surface area contributed by atoms with Crippen molar-refractivity contribution < 1.29 is 0 Å². The molecule has 0 bridgehead atoms. The Hall–Kier alpha value is -1.39. The van der Waals surface area contributed by atoms with Gasteiger partial charge in [-0.15, -0.1) is 5.10 Å². The normalized spacial score (nSPS) is 10.8. The van der Waals surface area contributed by atoms with Crippen molar-refractivity contribution in [2.75, 3.05) is 0 Å². The monoisotopic (exact) mass is 236 g/mol. The van der Waals surface area contributed by atoms with Gasteiger partial charge in [0.15, 0.2) is 0 Å². The van der Waals surface area contributed by atoms with Gasteiger partial charge in [0.05, 0.1) is 17.1 Å². The summed E-state index contributed by atoms with van der Waals surface area (Å²) >= 11 is 5.97. The van der Waals surface area contributed by atoms with Crippen molar-refractivity contribution in [1.29, 1.82) is 0 Å². The zero-order valence-electron chi connectivity index (χ0n) is 9.24. The number of aryl methyl sites for hydroxylation is 1. The maximum absolute atomic E-state index is 5.97. The van der Waals surface area contributed by atoms with Crippen LogP contribution in [0.3, 0.4) is 0 Å². The maximum Gasteiger partial charge on any atom is 0.0996 e. The highest BCUT2D eigenvalue weighted by molar-refractivity contribution is 6.30. The minimum Gasteiger partial charge on any atom is -0.325 e. The number of hydrogen-bond donors (Lipinski definition) is 1. The van der Waals surface area contributed by atoms with Crippen LogP contribution in [-0.2, 0) is 6.54 Å². The molecule has 84 valence electrons. The Morgan fingerprint density at radius 2 is 2.12 bits per heavy atom. The van der Waals surface area contributed by atoms with Crippen LogP contribution in [0.2, 0.25) is 5.02 Å². The minimum absolute atomic E-state index is 0.394. The molecule has 0 radical (unpaired) electrons. The van der Waals surface area contributed by atoms with Crippen LogP contribution in [0.4, 0.5) is 0 Å². The summed E-state index contributed by atoms with van der Waals surface area (Å²) in [6.07, 6.45) is 0. The van der Waals surface area contributed by atoms with E-state index >= 15 is 0 Å². The molecule has 0 aliphatic carbocycles. The molecule has 1 aromatic carbocycles. The Morgan fingerprint density at radius 3 is 2.75 bits per heavy atom. The highest BCUT2D eigenvalue weighted by Gasteiger charge is 2.10. The second-order valence-electron chi connectivity index (χ2n) is 3.67. The Morgan fingerprint density at radius 1 is 1.38 bits per heavy atom. The third-order valence-electron chi connectivity index (χ3n) is 2.58. The predicted molar refractivity (Wildman–Crippen MR) is 63.7 cm³/mol. The van der Waals surface area contributed by atoms with Crippen LogP contribution in [0, 0.1) is 13.8 Å². The lowest BCUT2D eigenvalue weighted by atomic mass is 10.2. The molecular formula is C11H13ClN4. The van der Waals surface area contributed by atoms with Gasteiger partial charge in [-0.2, -0.15) is 0 Å². The van der Waals surface area contributed by atoms with Crippen molar-refractivity contribution in [2.45, 2.75) is 20.4 Å². The van der Waals surface area contributed by atoms with E-state index in [4.69, 9.17) is 17.3 Å². The number of halogens is 1. The Balaban J connectivity index is 2.58. The first-order valence-electron chi connectivity index (χ1n) is 5.01. The lowest BCUT2D eigenvalue weighted by molar-refractivity contribution is 0.778. The lowest BCUT2D eigenvalue weighted by Crippen LogP contribution is -2.03. The summed E-state index contributed by atoms with van der Waals surface area (Å²) in [7, 11) is 0. The second-order valence-corrected chi connectivity index (χ2v) is 4.10. The van der Waals surface area contributed by atoms with E-state index in [1.807, 2.05) is 32.0 Å². The molecule has 2 N–H and O–H groups in total. The van der Waals surface area contributed by atoms with Crippen molar-refractivity contribution in [1.82, 2.24) is 15.0 Å². The zero-order chi connectivity index (χ0) is 11.7. The van der Waals surface area contributed by atoms with E-state index in [-0.39, 0.29) is 0 Å². The Labute approximate surface area is 99.0 Å². The van der Waals surface area contributed by atoms with E-state index in [1.54, 1.807) is 4.68 Å². The highest BCUT2D eigenvalue weighted by atomic mass is 35.5. The van der Waals surface area contributed by atoms with Crippen LogP contribution in [0.25, 0.3) is 5.69 Å². The molecule has 0 spiro atoms. The van der Waals surface area contributed by atoms with Gasteiger partial charge in [0, 0.05) is 11.6 Å². The van der Waals surface area contributed by atoms with Crippen LogP contribution in [0.1, 0.15) is 17.0 Å². The number of aromatic nitrogens is 3. The van der Waals surface area contributed by atoms with E-state index in [0.717, 1.165) is 22.6 Å². The second kappa shape index (κ2) is 4.23. The summed E-state index contributed by atoms with van der Waals surface area (Å²) in [6, 6.07) is 5.69. The average Bonchev–Trinajstić information content (AvgIpc) is 2.63. The van der Waals surface area contributed by atoms with Crippen molar-refractivity contribution >= 4 is 11.6 Å². The molecule has 0 aliphatic rings. The molecule has 2 aromatic rings. The largest absolute Gasteiger partial charge is 0.325 e. The van der Waals surface area contributed by atoms with Gasteiger partial charge < -0.3 is 5.73 Å². The summed E-state index contributed by atoms with van der Waals surface area (Å²) in [5.74, 6) is 0. The first kappa shape index (κ1) is 11.1. The number of nitrogens with zero attached hydrogens (tertiary/aromatic N) is 3. The van der Waals surface area contributed by atoms with E-state index in [2.05, 4.69) is 10.3 Å². The minimum atomic E-state index is 0.394. The zero-order valence-corrected chi connectivity index (χ0v) is 9.99. The molecule has 0 saturated heterocycles. The third-order valence-corrected chi connectivity index (χ3v) is 2.82. The standard InChI is InChI=1S/C11H13ClN4/c1-7-3-4-9(12)5-11(7)16-8(2)10(6-13)14-15-16/h3-5H,6,13H2,1-2H3. The molecule has 0 fully saturated rings. The molecule has 2 rings (SSSR count). The summed E-state index contributed by atoms with van der Waals surface area (Å²) in [4.78, 5) is 0. The molecule has 0 aliphatic heterocycles. The molecule has 1 aromatic heterocycles. The summed E-state index contributed by atoms with van der Waals surface area (Å²) in [6.45, 7) is 4.35. The Kier molecular flexibility index (Phi) is 2.94. The number of hydrogen-bond acceptors (Lipinski definition) is 3. The van der Waals surface area contributed by atoms with E-state index in [1.165, 1.54) is 0 Å². The summed E-state index contributed by atoms with van der Waals surface area (Å²) in [5, 5.41) is 8.80. The number of nitrogens with two attached hydrogens (primary N) is 1. The van der Waals surface area contributed by atoms with Gasteiger partial charge in [-0.3, -0.25) is 0 Å². The Bertz CT molecular complexity index is 519. The molecule has 0 amide bonds. The van der Waals surface area contributed by atoms with Crippen LogP contribution in [0.5, 0.6) is 0 Å². The van der Waals surface area contributed by atoms with E-state index in [0.29, 0.717) is 11.6 Å². The van der Waals surface area contributed by atoms with Crippen molar-refractivity contribution in [3.63, 3.8) is 0 Å². The van der Waals surface area contributed by atoms with Gasteiger partial charge in [-0.25, -0.2) is 4.68 Å². The van der Waals surface area contributed by atoms with Gasteiger partial charge in [0.2, 0.25) is 0 Å². The fourth-order valence-corrected chi connectivity index (χ4v) is 1.75. The quantitative estimate of drug-likeness (QED) is 0.868. The SMILES string of the molecule is Cc1ccc(Cl)cc1-n1nnc(CN)c1C. The fraction of sp³-hybridized carbons (Fsp3) is 0.273. The van der Waals surface area contributed by atoms with Gasteiger partial charge in [0.25, 0.3) is 0 Å². The van der Waals surface area contributed by atoms with Gasteiger partial charge >= 0.3 is 0 Å². The van der Waals surface area contributed by atoms with E-state index in [9.17, 15) is 0 Å². The maximum atomic E-state index is 5.97. The van der Waals surface area contributed by atoms with E-state index < -0.39 is 0 Å². The smallest absolute Gasteiger partial charge is 0.0996 e. The first-order chi connectivity index (χ1) is 7.63. The topological polar surface area (TPSA) is 56.7 Å². The van der Waals surface area contributed by atoms with Crippen LogP contribution in [0.15, 0.2) is 18.2 Å². The molecule has 0 saturated carbocycles. The van der Waals surface area contributed by atoms with Crippen LogP contribution in [-0.4, -0.2) is 15.0 Å². The summed E-state index contributed by atoms with van der Waals surface area (Å²) in [5.41, 5.74) is 9.36. The highest BCUT2D eigenvalue weighted by Crippen LogP contribution is 2.20. The third kappa shape index (κ3) is 1.81. The first-order valence-corrected chi connectivity index (χ1v) is 5.39. The van der Waals surface area contributed by atoms with Crippen molar-refractivity contribution in [3.05, 3.63) is 40.2 Å². The van der Waals surface area contributed by atoms with Crippen LogP contribution < -0.4 is 5.73 Å². The molecule has 0 unspecified atom stereocenters. The fourth-order valence-electron chi connectivity index (χ4n) is 1.59. The molecule has 4 nitrogen and oxygen atoms in total. The van der Waals surface area contributed by atoms with Crippen molar-refractivity contribution in [3.8, 4) is 5.69 Å². The molecular weight excluding hydrogens is 224 g/mol. The molecule has 0 atom stereocenters. The average molecular weight is 237 g/mol. The molecule has 16 heavy (non-hydrogen) atoms. The van der Waals surface area contributed by atoms with Gasteiger partial charge in [-0.1, -0.05) is 22.9 Å². The van der Waals surface area contributed by atoms with Gasteiger partial charge in [0.1, 0.15) is 0 Å². The number of rotatable bonds is 2. The molecule has 5 heteroatoms. The predicted octanol–water partition coefficient (Wildman–Crippen LogP) is 2.00.